The van der Waals surface area contributed by atoms with Crippen LogP contribution in [0.4, 0.5) is 0 Å². The quantitative estimate of drug-likeness (QED) is 0.264. The predicted octanol–water partition coefficient (Wildman–Crippen LogP) is 3.80. The third kappa shape index (κ3) is 5.15. The molecule has 0 aliphatic carbocycles. The van der Waals surface area contributed by atoms with E-state index in [9.17, 15) is 0 Å². The number of aryl methyl sites for hydroxylation is 2. The monoisotopic (exact) mass is 319 g/mol. The van der Waals surface area contributed by atoms with Gasteiger partial charge in [-0.05, 0) is 49.1 Å². The molecule has 0 fully saturated rings. The number of hydrazone groups is 1. The minimum absolute atomic E-state index is 0.502. The molecular weight excluding hydrogens is 294 g/mol. The summed E-state index contributed by atoms with van der Waals surface area (Å²) in [5.74, 6) is 6.31. The summed E-state index contributed by atoms with van der Waals surface area (Å²) in [4.78, 5) is 0.897. The molecule has 0 saturated heterocycles. The van der Waals surface area contributed by atoms with Crippen LogP contribution >= 0.6 is 11.8 Å². The first-order chi connectivity index (χ1) is 10.5. The molecule has 0 aliphatic rings. The van der Waals surface area contributed by atoms with Crippen molar-refractivity contribution in [2.45, 2.75) is 27.2 Å². The van der Waals surface area contributed by atoms with Crippen LogP contribution in [0.2, 0.25) is 0 Å². The van der Waals surface area contributed by atoms with E-state index in [1.807, 2.05) is 13.8 Å². The Kier molecular flexibility index (Phi) is 7.60. The lowest BCUT2D eigenvalue weighted by Gasteiger charge is -2.15. The Hall–Kier alpha value is -1.88. The van der Waals surface area contributed by atoms with E-state index in [1.165, 1.54) is 11.8 Å². The summed E-state index contributed by atoms with van der Waals surface area (Å²) in [6.07, 6.45) is 2.75. The zero-order valence-electron chi connectivity index (χ0n) is 13.6. The number of nitrogens with one attached hydrogen (secondary N) is 1. The first-order valence-electron chi connectivity index (χ1n) is 7.27. The lowest BCUT2D eigenvalue weighted by atomic mass is 10.1. The SMILES string of the molecule is C=CCOc1c(C)cc(C(=C)S/C(=N\N)NCCC)cc1C. The van der Waals surface area contributed by atoms with Gasteiger partial charge in [-0.25, -0.2) is 0 Å². The van der Waals surface area contributed by atoms with Crippen LogP contribution in [-0.4, -0.2) is 18.3 Å². The molecule has 0 heterocycles. The van der Waals surface area contributed by atoms with E-state index >= 15 is 0 Å². The fourth-order valence-corrected chi connectivity index (χ4v) is 2.69. The first-order valence-corrected chi connectivity index (χ1v) is 8.08. The van der Waals surface area contributed by atoms with Crippen molar-refractivity contribution in [3.8, 4) is 5.75 Å². The van der Waals surface area contributed by atoms with Crippen molar-refractivity contribution in [2.24, 2.45) is 10.9 Å². The number of thioether (sulfide) groups is 1. The Morgan fingerprint density at radius 2 is 2.05 bits per heavy atom. The van der Waals surface area contributed by atoms with Crippen molar-refractivity contribution in [3.63, 3.8) is 0 Å². The predicted molar refractivity (Wildman–Crippen MR) is 98.1 cm³/mol. The van der Waals surface area contributed by atoms with Gasteiger partial charge in [-0.1, -0.05) is 37.9 Å². The molecule has 0 amide bonds. The Labute approximate surface area is 137 Å². The van der Waals surface area contributed by atoms with Gasteiger partial charge in [0.1, 0.15) is 12.4 Å². The van der Waals surface area contributed by atoms with Crippen LogP contribution in [0, 0.1) is 13.8 Å². The molecule has 0 aromatic heterocycles. The average Bonchev–Trinajstić information content (AvgIpc) is 2.50. The molecule has 1 aromatic rings. The molecule has 1 rings (SSSR count). The summed E-state index contributed by atoms with van der Waals surface area (Å²) in [6.45, 7) is 15.3. The summed E-state index contributed by atoms with van der Waals surface area (Å²) in [7, 11) is 0. The standard InChI is InChI=1S/C17H25N3OS/c1-6-8-19-17(20-18)22-14(5)15-10-12(3)16(13(4)11-15)21-9-7-2/h7,10-11H,2,5-6,8-9,18H2,1,3-4H3,(H,19,20). The van der Waals surface area contributed by atoms with Crippen molar-refractivity contribution in [1.82, 2.24) is 5.32 Å². The maximum Gasteiger partial charge on any atom is 0.184 e. The molecule has 1 aromatic carbocycles. The highest BCUT2D eigenvalue weighted by molar-refractivity contribution is 8.21. The minimum Gasteiger partial charge on any atom is -0.489 e. The van der Waals surface area contributed by atoms with Gasteiger partial charge >= 0.3 is 0 Å². The van der Waals surface area contributed by atoms with Gasteiger partial charge in [0.15, 0.2) is 5.17 Å². The average molecular weight is 319 g/mol. The van der Waals surface area contributed by atoms with Crippen LogP contribution in [0.25, 0.3) is 4.91 Å². The largest absolute Gasteiger partial charge is 0.489 e. The third-order valence-corrected chi connectivity index (χ3v) is 3.92. The van der Waals surface area contributed by atoms with Gasteiger partial charge < -0.3 is 15.9 Å². The number of ether oxygens (including phenoxy) is 1. The number of hydrogen-bond acceptors (Lipinski definition) is 4. The Morgan fingerprint density at radius 1 is 1.41 bits per heavy atom. The highest BCUT2D eigenvalue weighted by Crippen LogP contribution is 2.32. The fourth-order valence-electron chi connectivity index (χ4n) is 2.00. The Morgan fingerprint density at radius 3 is 2.55 bits per heavy atom. The highest BCUT2D eigenvalue weighted by atomic mass is 32.2. The maximum absolute atomic E-state index is 5.70. The highest BCUT2D eigenvalue weighted by Gasteiger charge is 2.10. The summed E-state index contributed by atoms with van der Waals surface area (Å²) in [5.41, 5.74) is 3.20. The van der Waals surface area contributed by atoms with E-state index in [0.29, 0.717) is 11.8 Å². The Balaban J connectivity index is 2.88. The van der Waals surface area contributed by atoms with Crippen molar-refractivity contribution in [2.75, 3.05) is 13.2 Å². The van der Waals surface area contributed by atoms with Crippen molar-refractivity contribution in [1.29, 1.82) is 0 Å². The first kappa shape index (κ1) is 18.2. The van der Waals surface area contributed by atoms with Crippen molar-refractivity contribution < 1.29 is 4.74 Å². The topological polar surface area (TPSA) is 59.6 Å². The molecule has 0 saturated carbocycles. The summed E-state index contributed by atoms with van der Waals surface area (Å²) in [6, 6.07) is 4.13. The van der Waals surface area contributed by atoms with E-state index < -0.39 is 0 Å². The lowest BCUT2D eigenvalue weighted by Crippen LogP contribution is -2.22. The molecule has 0 bridgehead atoms. The number of nitrogens with two attached hydrogens (primary N) is 1. The molecular formula is C17H25N3OS. The fraction of sp³-hybridized carbons (Fsp3) is 0.353. The third-order valence-electron chi connectivity index (χ3n) is 2.99. The molecule has 0 radical (unpaired) electrons. The summed E-state index contributed by atoms with van der Waals surface area (Å²) < 4.78 is 5.70. The van der Waals surface area contributed by atoms with E-state index in [-0.39, 0.29) is 0 Å². The molecule has 0 atom stereocenters. The second kappa shape index (κ2) is 9.20. The van der Waals surface area contributed by atoms with Gasteiger partial charge in [0.25, 0.3) is 0 Å². The van der Waals surface area contributed by atoms with Gasteiger partial charge in [-0.3, -0.25) is 0 Å². The number of hydrogen-bond donors (Lipinski definition) is 2. The molecule has 5 heteroatoms. The second-order valence-corrected chi connectivity index (χ2v) is 6.01. The van der Waals surface area contributed by atoms with Gasteiger partial charge in [-0.2, -0.15) is 5.10 Å². The Bertz CT molecular complexity index is 544. The van der Waals surface area contributed by atoms with Crippen LogP contribution in [-0.2, 0) is 0 Å². The molecule has 3 N–H and O–H groups in total. The minimum atomic E-state index is 0.502. The van der Waals surface area contributed by atoms with Gasteiger partial charge in [0.2, 0.25) is 0 Å². The summed E-state index contributed by atoms with van der Waals surface area (Å²) in [5, 5.41) is 7.62. The number of rotatable bonds is 7. The molecule has 22 heavy (non-hydrogen) atoms. The van der Waals surface area contributed by atoms with Crippen molar-refractivity contribution in [3.05, 3.63) is 48.1 Å². The smallest absolute Gasteiger partial charge is 0.184 e. The molecule has 120 valence electrons. The molecule has 4 nitrogen and oxygen atoms in total. The maximum atomic E-state index is 5.70. The van der Waals surface area contributed by atoms with Gasteiger partial charge in [0, 0.05) is 11.4 Å². The van der Waals surface area contributed by atoms with Crippen LogP contribution < -0.4 is 15.9 Å². The molecule has 0 aliphatic heterocycles. The second-order valence-electron chi connectivity index (χ2n) is 4.93. The van der Waals surface area contributed by atoms with Gasteiger partial charge in [-0.15, -0.1) is 0 Å². The van der Waals surface area contributed by atoms with Crippen LogP contribution in [0.5, 0.6) is 5.75 Å². The van der Waals surface area contributed by atoms with E-state index in [1.54, 1.807) is 6.08 Å². The van der Waals surface area contributed by atoms with Crippen LogP contribution in [0.1, 0.15) is 30.0 Å². The zero-order valence-corrected chi connectivity index (χ0v) is 14.4. The zero-order chi connectivity index (χ0) is 16.5. The van der Waals surface area contributed by atoms with Crippen LogP contribution in [0.15, 0.2) is 36.5 Å². The van der Waals surface area contributed by atoms with E-state index in [4.69, 9.17) is 10.6 Å². The number of nitrogens with zero attached hydrogens (tertiary/aromatic N) is 1. The van der Waals surface area contributed by atoms with E-state index in [2.05, 4.69) is 42.6 Å². The molecule has 0 unspecified atom stereocenters. The lowest BCUT2D eigenvalue weighted by molar-refractivity contribution is 0.358. The number of amidine groups is 1. The normalized spacial score (nSPS) is 11.1. The summed E-state index contributed by atoms with van der Waals surface area (Å²) >= 11 is 1.44. The van der Waals surface area contributed by atoms with Crippen molar-refractivity contribution >= 4 is 21.8 Å². The number of benzene rings is 1. The van der Waals surface area contributed by atoms with Gasteiger partial charge in [0.05, 0.1) is 0 Å². The van der Waals surface area contributed by atoms with Crippen LogP contribution in [0.3, 0.4) is 0 Å². The van der Waals surface area contributed by atoms with E-state index in [0.717, 1.165) is 40.3 Å². The molecule has 0 spiro atoms.